The SMILES string of the molecule is CC(C)[C@H](NC(=O)OCC1c2ccccc2-c2ccccc21)C(=O)N[C@@H](C)C(=O)Nc1ccccc1CCC(=O)O. The summed E-state index contributed by atoms with van der Waals surface area (Å²) in [6.45, 7) is 5.24. The highest BCUT2D eigenvalue weighted by atomic mass is 16.5. The summed E-state index contributed by atoms with van der Waals surface area (Å²) in [5, 5.41) is 17.1. The maximum atomic E-state index is 13.1. The highest BCUT2D eigenvalue weighted by Gasteiger charge is 2.31. The van der Waals surface area contributed by atoms with Crippen LogP contribution < -0.4 is 16.0 Å². The summed E-state index contributed by atoms with van der Waals surface area (Å²) in [6, 6.07) is 21.1. The van der Waals surface area contributed by atoms with Crippen molar-refractivity contribution >= 4 is 29.6 Å². The lowest BCUT2D eigenvalue weighted by Gasteiger charge is -2.24. The minimum absolute atomic E-state index is 0.0726. The van der Waals surface area contributed by atoms with E-state index in [-0.39, 0.29) is 31.3 Å². The molecule has 4 N–H and O–H groups in total. The lowest BCUT2D eigenvalue weighted by molar-refractivity contribution is -0.137. The third kappa shape index (κ3) is 7.11. The molecule has 3 amide bonds. The molecule has 41 heavy (non-hydrogen) atoms. The van der Waals surface area contributed by atoms with Gasteiger partial charge in [0.2, 0.25) is 11.8 Å². The van der Waals surface area contributed by atoms with E-state index < -0.39 is 36.0 Å². The van der Waals surface area contributed by atoms with Crippen LogP contribution in [0.15, 0.2) is 72.8 Å². The van der Waals surface area contributed by atoms with Gasteiger partial charge in [0.05, 0.1) is 0 Å². The Balaban J connectivity index is 1.34. The molecule has 0 aromatic heterocycles. The molecule has 0 unspecified atom stereocenters. The third-order valence-corrected chi connectivity index (χ3v) is 7.20. The van der Waals surface area contributed by atoms with Crippen molar-refractivity contribution in [2.45, 2.75) is 51.6 Å². The number of benzene rings is 3. The summed E-state index contributed by atoms with van der Waals surface area (Å²) in [5.41, 5.74) is 5.57. The Morgan fingerprint density at radius 1 is 0.805 bits per heavy atom. The Labute approximate surface area is 239 Å². The number of para-hydroxylation sites is 1. The van der Waals surface area contributed by atoms with Crippen molar-refractivity contribution in [2.24, 2.45) is 5.92 Å². The van der Waals surface area contributed by atoms with Crippen molar-refractivity contribution in [3.63, 3.8) is 0 Å². The Morgan fingerprint density at radius 2 is 1.39 bits per heavy atom. The van der Waals surface area contributed by atoms with E-state index in [1.165, 1.54) is 6.92 Å². The van der Waals surface area contributed by atoms with Gasteiger partial charge >= 0.3 is 12.1 Å². The number of carbonyl (C=O) groups excluding carboxylic acids is 3. The third-order valence-electron chi connectivity index (χ3n) is 7.20. The topological polar surface area (TPSA) is 134 Å². The van der Waals surface area contributed by atoms with Gasteiger partial charge in [0.25, 0.3) is 0 Å². The molecule has 1 aliphatic carbocycles. The summed E-state index contributed by atoms with van der Waals surface area (Å²) in [7, 11) is 0. The first kappa shape index (κ1) is 29.3. The van der Waals surface area contributed by atoms with Crippen molar-refractivity contribution in [2.75, 3.05) is 11.9 Å². The number of fused-ring (bicyclic) bond motifs is 3. The normalized spacial score (nSPS) is 13.5. The number of rotatable bonds is 11. The molecule has 0 spiro atoms. The van der Waals surface area contributed by atoms with E-state index in [1.54, 1.807) is 38.1 Å². The van der Waals surface area contributed by atoms with Crippen LogP contribution in [-0.2, 0) is 25.5 Å². The minimum Gasteiger partial charge on any atom is -0.481 e. The average Bonchev–Trinajstić information content (AvgIpc) is 3.27. The van der Waals surface area contributed by atoms with Gasteiger partial charge in [-0.15, -0.1) is 0 Å². The quantitative estimate of drug-likeness (QED) is 0.270. The van der Waals surface area contributed by atoms with Crippen molar-refractivity contribution in [1.29, 1.82) is 0 Å². The highest BCUT2D eigenvalue weighted by molar-refractivity contribution is 5.98. The maximum Gasteiger partial charge on any atom is 0.407 e. The number of hydrogen-bond donors (Lipinski definition) is 4. The molecule has 0 fully saturated rings. The van der Waals surface area contributed by atoms with Crippen LogP contribution in [0.1, 0.15) is 49.8 Å². The Morgan fingerprint density at radius 3 is 2.00 bits per heavy atom. The predicted molar refractivity (Wildman–Crippen MR) is 155 cm³/mol. The molecule has 0 heterocycles. The molecule has 9 nitrogen and oxygen atoms in total. The van der Waals surface area contributed by atoms with E-state index >= 15 is 0 Å². The molecule has 4 rings (SSSR count). The van der Waals surface area contributed by atoms with Crippen molar-refractivity contribution in [3.8, 4) is 11.1 Å². The van der Waals surface area contributed by atoms with Crippen molar-refractivity contribution in [1.82, 2.24) is 10.6 Å². The molecule has 3 aromatic carbocycles. The molecular weight excluding hydrogens is 522 g/mol. The lowest BCUT2D eigenvalue weighted by atomic mass is 9.98. The van der Waals surface area contributed by atoms with Gasteiger partial charge in [0.1, 0.15) is 18.7 Å². The average molecular weight is 558 g/mol. The fourth-order valence-corrected chi connectivity index (χ4v) is 5.01. The number of anilines is 1. The molecule has 2 atom stereocenters. The van der Waals surface area contributed by atoms with Crippen molar-refractivity contribution in [3.05, 3.63) is 89.5 Å². The molecule has 1 aliphatic rings. The van der Waals surface area contributed by atoms with Gasteiger partial charge < -0.3 is 25.8 Å². The molecular formula is C32H35N3O6. The van der Waals surface area contributed by atoms with E-state index in [2.05, 4.69) is 28.1 Å². The lowest BCUT2D eigenvalue weighted by Crippen LogP contribution is -2.53. The van der Waals surface area contributed by atoms with Crippen LogP contribution >= 0.6 is 0 Å². The van der Waals surface area contributed by atoms with Gasteiger partial charge in [-0.05, 0) is 53.1 Å². The first-order valence-corrected chi connectivity index (χ1v) is 13.7. The number of alkyl carbamates (subject to hydrolysis) is 1. The summed E-state index contributed by atoms with van der Waals surface area (Å²) in [5.74, 6) is -2.31. The number of amides is 3. The monoisotopic (exact) mass is 557 g/mol. The van der Waals surface area contributed by atoms with Crippen LogP contribution in [0.3, 0.4) is 0 Å². The Hall–Kier alpha value is -4.66. The number of hydrogen-bond acceptors (Lipinski definition) is 5. The standard InChI is InChI=1S/C32H35N3O6/c1-19(2)29(31(39)33-20(3)30(38)34-27-15-9-4-10-21(27)16-17-28(36)37)35-32(40)41-18-26-24-13-7-5-11-22(24)23-12-6-8-14-25(23)26/h4-15,19-20,26,29H,16-18H2,1-3H3,(H,33,39)(H,34,38)(H,35,40)(H,36,37)/t20-,29-/m0/s1. The first-order chi connectivity index (χ1) is 19.7. The molecule has 0 saturated heterocycles. The summed E-state index contributed by atoms with van der Waals surface area (Å²) < 4.78 is 5.60. The maximum absolute atomic E-state index is 13.1. The predicted octanol–water partition coefficient (Wildman–Crippen LogP) is 4.71. The van der Waals surface area contributed by atoms with Gasteiger partial charge in [-0.25, -0.2) is 4.79 Å². The number of ether oxygens (including phenoxy) is 1. The molecule has 9 heteroatoms. The number of aliphatic carboxylic acids is 1. The van der Waals surface area contributed by atoms with E-state index in [4.69, 9.17) is 9.84 Å². The van der Waals surface area contributed by atoms with Crippen LogP contribution in [-0.4, -0.2) is 47.7 Å². The molecule has 0 radical (unpaired) electrons. The minimum atomic E-state index is -0.935. The summed E-state index contributed by atoms with van der Waals surface area (Å²) in [6.07, 6.45) is -0.534. The van der Waals surface area contributed by atoms with Crippen LogP contribution in [0.4, 0.5) is 10.5 Å². The van der Waals surface area contributed by atoms with E-state index in [9.17, 15) is 19.2 Å². The number of nitrogens with one attached hydrogen (secondary N) is 3. The molecule has 0 saturated carbocycles. The second-order valence-electron chi connectivity index (χ2n) is 10.5. The van der Waals surface area contributed by atoms with Crippen molar-refractivity contribution < 1.29 is 29.0 Å². The van der Waals surface area contributed by atoms with Gasteiger partial charge in [0, 0.05) is 18.0 Å². The van der Waals surface area contributed by atoms with E-state index in [1.807, 2.05) is 36.4 Å². The molecule has 214 valence electrons. The second-order valence-corrected chi connectivity index (χ2v) is 10.5. The Bertz CT molecular complexity index is 1390. The molecule has 0 aliphatic heterocycles. The van der Waals surface area contributed by atoms with Gasteiger partial charge in [0.15, 0.2) is 0 Å². The summed E-state index contributed by atoms with van der Waals surface area (Å²) >= 11 is 0. The van der Waals surface area contributed by atoms with Gasteiger partial charge in [-0.2, -0.15) is 0 Å². The van der Waals surface area contributed by atoms with Gasteiger partial charge in [-0.1, -0.05) is 80.6 Å². The fraction of sp³-hybridized carbons (Fsp3) is 0.312. The number of carboxylic acids is 1. The number of carbonyl (C=O) groups is 4. The van der Waals surface area contributed by atoms with E-state index in [0.717, 1.165) is 22.3 Å². The van der Waals surface area contributed by atoms with E-state index in [0.29, 0.717) is 11.3 Å². The van der Waals surface area contributed by atoms with Crippen LogP contribution in [0.2, 0.25) is 0 Å². The van der Waals surface area contributed by atoms with Crippen LogP contribution in [0.5, 0.6) is 0 Å². The van der Waals surface area contributed by atoms with Crippen LogP contribution in [0.25, 0.3) is 11.1 Å². The van der Waals surface area contributed by atoms with Gasteiger partial charge in [-0.3, -0.25) is 14.4 Å². The second kappa shape index (κ2) is 13.1. The molecule has 0 bridgehead atoms. The van der Waals surface area contributed by atoms with Crippen LogP contribution in [0, 0.1) is 5.92 Å². The Kier molecular flexibility index (Phi) is 9.39. The zero-order chi connectivity index (χ0) is 29.5. The zero-order valence-corrected chi connectivity index (χ0v) is 23.3. The zero-order valence-electron chi connectivity index (χ0n) is 23.3. The largest absolute Gasteiger partial charge is 0.481 e. The smallest absolute Gasteiger partial charge is 0.407 e. The highest BCUT2D eigenvalue weighted by Crippen LogP contribution is 2.44. The first-order valence-electron chi connectivity index (χ1n) is 13.7. The fourth-order valence-electron chi connectivity index (χ4n) is 5.01. The number of carboxylic acid groups (broad SMARTS) is 1. The number of aryl methyl sites for hydroxylation is 1. The summed E-state index contributed by atoms with van der Waals surface area (Å²) in [4.78, 5) is 49.7. The molecule has 3 aromatic rings.